The molecule has 1 N–H and O–H groups in total. The van der Waals surface area contributed by atoms with Gasteiger partial charge in [0.15, 0.2) is 5.78 Å². The second-order valence-corrected chi connectivity index (χ2v) is 11.1. The maximum Gasteiger partial charge on any atom is 0.251 e. The van der Waals surface area contributed by atoms with E-state index in [0.29, 0.717) is 5.56 Å². The summed E-state index contributed by atoms with van der Waals surface area (Å²) in [6, 6.07) is 6.02. The molecule has 4 atom stereocenters. The first-order valence-corrected chi connectivity index (χ1v) is 13.0. The molecule has 204 valence electrons. The highest BCUT2D eigenvalue weighted by molar-refractivity contribution is 5.99. The van der Waals surface area contributed by atoms with Gasteiger partial charge in [-0.1, -0.05) is 20.8 Å². The molecule has 4 rings (SSSR count). The number of hydrogen-bond acceptors (Lipinski definition) is 8. The molecule has 0 spiro atoms. The van der Waals surface area contributed by atoms with Crippen LogP contribution in [0.2, 0.25) is 0 Å². The molecule has 1 aromatic rings. The Hall–Kier alpha value is -2.53. The van der Waals surface area contributed by atoms with Gasteiger partial charge in [0.2, 0.25) is 5.91 Å². The second-order valence-electron chi connectivity index (χ2n) is 11.1. The van der Waals surface area contributed by atoms with Gasteiger partial charge >= 0.3 is 0 Å². The lowest BCUT2D eigenvalue weighted by Crippen LogP contribution is -2.57. The zero-order valence-electron chi connectivity index (χ0n) is 22.6. The van der Waals surface area contributed by atoms with Crippen molar-refractivity contribution >= 4 is 23.3 Å². The van der Waals surface area contributed by atoms with E-state index in [0.717, 1.165) is 45.0 Å². The van der Waals surface area contributed by atoms with Crippen LogP contribution in [0.1, 0.15) is 31.1 Å². The number of methoxy groups -OCH3 is 2. The molecular formula is C27H40N4O6. The third-order valence-electron chi connectivity index (χ3n) is 7.59. The summed E-state index contributed by atoms with van der Waals surface area (Å²) in [5.41, 5.74) is 0.983. The van der Waals surface area contributed by atoms with Crippen molar-refractivity contribution in [1.82, 2.24) is 15.1 Å². The van der Waals surface area contributed by atoms with Crippen molar-refractivity contribution in [3.63, 3.8) is 0 Å². The predicted molar refractivity (Wildman–Crippen MR) is 139 cm³/mol. The summed E-state index contributed by atoms with van der Waals surface area (Å²) in [4.78, 5) is 45.6. The Balaban J connectivity index is 1.41. The first kappa shape index (κ1) is 27.5. The molecule has 1 aromatic carbocycles. The monoisotopic (exact) mass is 516 g/mol. The third-order valence-corrected chi connectivity index (χ3v) is 7.59. The van der Waals surface area contributed by atoms with E-state index < -0.39 is 23.6 Å². The van der Waals surface area contributed by atoms with Gasteiger partial charge in [-0.05, 0) is 29.7 Å². The van der Waals surface area contributed by atoms with Crippen molar-refractivity contribution in [2.75, 3.05) is 71.6 Å². The van der Waals surface area contributed by atoms with Crippen molar-refractivity contribution < 1.29 is 28.6 Å². The van der Waals surface area contributed by atoms with Crippen molar-refractivity contribution in [2.24, 2.45) is 5.41 Å². The molecule has 2 amide bonds. The van der Waals surface area contributed by atoms with E-state index in [9.17, 15) is 14.4 Å². The maximum atomic E-state index is 13.7. The molecular weight excluding hydrogens is 476 g/mol. The van der Waals surface area contributed by atoms with Crippen molar-refractivity contribution in [3.8, 4) is 0 Å². The highest BCUT2D eigenvalue weighted by Crippen LogP contribution is 2.32. The molecule has 10 nitrogen and oxygen atoms in total. The maximum absolute atomic E-state index is 13.7. The van der Waals surface area contributed by atoms with Crippen LogP contribution < -0.4 is 10.2 Å². The quantitative estimate of drug-likeness (QED) is 0.542. The molecule has 0 saturated carbocycles. The molecule has 3 aliphatic heterocycles. The predicted octanol–water partition coefficient (Wildman–Crippen LogP) is 0.793. The zero-order valence-corrected chi connectivity index (χ0v) is 22.6. The van der Waals surface area contributed by atoms with Crippen LogP contribution in [0.15, 0.2) is 24.3 Å². The van der Waals surface area contributed by atoms with Gasteiger partial charge in [0, 0.05) is 58.2 Å². The summed E-state index contributed by atoms with van der Waals surface area (Å²) in [5.74, 6) is -0.749. The molecule has 3 aliphatic rings. The number of rotatable bonds is 8. The highest BCUT2D eigenvalue weighted by Gasteiger charge is 2.54. The summed E-state index contributed by atoms with van der Waals surface area (Å²) in [6.07, 6.45) is -0.835. The van der Waals surface area contributed by atoms with E-state index in [1.165, 1.54) is 4.90 Å². The number of anilines is 1. The molecule has 0 unspecified atom stereocenters. The second kappa shape index (κ2) is 11.5. The number of nitrogens with zero attached hydrogens (tertiary/aromatic N) is 3. The number of ketones is 1. The lowest BCUT2D eigenvalue weighted by atomic mass is 9.85. The number of benzene rings is 1. The smallest absolute Gasteiger partial charge is 0.251 e. The number of likely N-dealkylation sites (tertiary alicyclic amines) is 1. The average Bonchev–Trinajstić information content (AvgIpc) is 3.45. The number of fused-ring (bicyclic) bond motifs is 1. The number of carbonyl (C=O) groups excluding carboxylic acids is 3. The summed E-state index contributed by atoms with van der Waals surface area (Å²) in [6.45, 7) is 11.4. The fourth-order valence-corrected chi connectivity index (χ4v) is 5.35. The van der Waals surface area contributed by atoms with Gasteiger partial charge in [-0.25, -0.2) is 0 Å². The first-order valence-electron chi connectivity index (χ1n) is 13.0. The van der Waals surface area contributed by atoms with E-state index in [-0.39, 0.29) is 36.9 Å². The Morgan fingerprint density at radius 2 is 1.78 bits per heavy atom. The number of carbonyl (C=O) groups is 3. The minimum Gasteiger partial charge on any atom is -0.383 e. The topological polar surface area (TPSA) is 101 Å². The van der Waals surface area contributed by atoms with Gasteiger partial charge < -0.3 is 29.3 Å². The standard InChI is InChI=1S/C27H40N4O6/c1-27(2,3)24(26(34)31-16-21(36-5)23-22(31)20(32)17-37-23)28-25(33)18-6-8-19(9-7-18)30-12-10-29(11-13-30)14-15-35-4/h6-9,21-24H,10-17H2,1-5H3,(H,28,33)/t21-,22+,23+,24+/m0/s1. The molecule has 3 fully saturated rings. The Morgan fingerprint density at radius 3 is 2.38 bits per heavy atom. The molecule has 10 heteroatoms. The molecule has 0 aromatic heterocycles. The normalized spacial score (nSPS) is 25.3. The van der Waals surface area contributed by atoms with Gasteiger partial charge in [-0.3, -0.25) is 19.3 Å². The van der Waals surface area contributed by atoms with Crippen LogP contribution in [0.25, 0.3) is 0 Å². The van der Waals surface area contributed by atoms with Crippen LogP contribution in [-0.4, -0.2) is 118 Å². The molecule has 37 heavy (non-hydrogen) atoms. The average molecular weight is 517 g/mol. The van der Waals surface area contributed by atoms with E-state index in [1.54, 1.807) is 26.4 Å². The van der Waals surface area contributed by atoms with Gasteiger partial charge in [0.25, 0.3) is 5.91 Å². The summed E-state index contributed by atoms with van der Waals surface area (Å²) < 4.78 is 16.3. The van der Waals surface area contributed by atoms with Gasteiger partial charge in [-0.2, -0.15) is 0 Å². The molecule has 0 radical (unpaired) electrons. The fraction of sp³-hybridized carbons (Fsp3) is 0.667. The van der Waals surface area contributed by atoms with Gasteiger partial charge in [-0.15, -0.1) is 0 Å². The molecule has 0 aliphatic carbocycles. The SMILES string of the molecule is COCCN1CCN(c2ccc(C(=O)N[C@H](C(=O)N3C[C@H](OC)[C@H]4OCC(=O)[C@H]43)C(C)(C)C)cc2)CC1. The van der Waals surface area contributed by atoms with Crippen LogP contribution in [0.3, 0.4) is 0 Å². The minimum atomic E-state index is -0.815. The lowest BCUT2D eigenvalue weighted by molar-refractivity contribution is -0.140. The van der Waals surface area contributed by atoms with Crippen LogP contribution in [0.5, 0.6) is 0 Å². The Labute approximate surface area is 219 Å². The van der Waals surface area contributed by atoms with Crippen molar-refractivity contribution in [3.05, 3.63) is 29.8 Å². The van der Waals surface area contributed by atoms with Gasteiger partial charge in [0.05, 0.1) is 13.2 Å². The number of hydrogen-bond donors (Lipinski definition) is 1. The Kier molecular flexibility index (Phi) is 8.52. The van der Waals surface area contributed by atoms with Crippen LogP contribution in [0.4, 0.5) is 5.69 Å². The first-order chi connectivity index (χ1) is 17.6. The van der Waals surface area contributed by atoms with Gasteiger partial charge in [0.1, 0.15) is 30.9 Å². The lowest BCUT2D eigenvalue weighted by Gasteiger charge is -2.36. The van der Waals surface area contributed by atoms with E-state index in [4.69, 9.17) is 14.2 Å². The Morgan fingerprint density at radius 1 is 1.11 bits per heavy atom. The number of nitrogens with one attached hydrogen (secondary N) is 1. The summed E-state index contributed by atoms with van der Waals surface area (Å²) >= 11 is 0. The summed E-state index contributed by atoms with van der Waals surface area (Å²) in [5, 5.41) is 2.95. The van der Waals surface area contributed by atoms with Crippen LogP contribution in [0, 0.1) is 5.41 Å². The van der Waals surface area contributed by atoms with Crippen LogP contribution in [-0.2, 0) is 23.8 Å². The fourth-order valence-electron chi connectivity index (χ4n) is 5.35. The molecule has 3 heterocycles. The van der Waals surface area contributed by atoms with Crippen LogP contribution >= 0.6 is 0 Å². The number of ether oxygens (including phenoxy) is 3. The van der Waals surface area contributed by atoms with Crippen molar-refractivity contribution in [1.29, 1.82) is 0 Å². The summed E-state index contributed by atoms with van der Waals surface area (Å²) in [7, 11) is 3.27. The molecule has 3 saturated heterocycles. The zero-order chi connectivity index (χ0) is 26.7. The molecule has 0 bridgehead atoms. The Bertz CT molecular complexity index is 970. The highest BCUT2D eigenvalue weighted by atomic mass is 16.5. The number of piperazine rings is 1. The van der Waals surface area contributed by atoms with E-state index in [2.05, 4.69) is 15.1 Å². The minimum absolute atomic E-state index is 0.0277. The number of Topliss-reactive ketones (excluding diaryl/α,β-unsaturated/α-hetero) is 1. The number of amides is 2. The largest absolute Gasteiger partial charge is 0.383 e. The van der Waals surface area contributed by atoms with E-state index >= 15 is 0 Å². The van der Waals surface area contributed by atoms with E-state index in [1.807, 2.05) is 32.9 Å². The van der Waals surface area contributed by atoms with Crippen molar-refractivity contribution in [2.45, 2.75) is 45.1 Å². The third kappa shape index (κ3) is 5.98.